The second-order valence-electron chi connectivity index (χ2n) is 5.52. The number of rotatable bonds is 5. The van der Waals surface area contributed by atoms with Gasteiger partial charge in [0.2, 0.25) is 0 Å². The third-order valence-corrected chi connectivity index (χ3v) is 4.37. The average Bonchev–Trinajstić information content (AvgIpc) is 2.65. The molecule has 3 aromatic rings. The zero-order chi connectivity index (χ0) is 18.7. The van der Waals surface area contributed by atoms with Crippen LogP contribution in [0.25, 0.3) is 11.3 Å². The molecule has 0 radical (unpaired) electrons. The summed E-state index contributed by atoms with van der Waals surface area (Å²) in [7, 11) is 3.11. The van der Waals surface area contributed by atoms with E-state index in [4.69, 9.17) is 9.47 Å². The summed E-state index contributed by atoms with van der Waals surface area (Å²) in [6.45, 7) is 0.0408. The first-order valence-electron chi connectivity index (χ1n) is 7.76. The van der Waals surface area contributed by atoms with Crippen LogP contribution >= 0.6 is 15.9 Å². The van der Waals surface area contributed by atoms with Crippen molar-refractivity contribution in [2.75, 3.05) is 14.2 Å². The first-order chi connectivity index (χ1) is 12.5. The van der Waals surface area contributed by atoms with Crippen molar-refractivity contribution >= 4 is 15.9 Å². The molecule has 26 heavy (non-hydrogen) atoms. The van der Waals surface area contributed by atoms with Gasteiger partial charge in [-0.2, -0.15) is 5.10 Å². The molecule has 0 aliphatic heterocycles. The lowest BCUT2D eigenvalue weighted by Gasteiger charge is -2.11. The lowest BCUT2D eigenvalue weighted by molar-refractivity contribution is 0.355. The van der Waals surface area contributed by atoms with Gasteiger partial charge in [-0.15, -0.1) is 0 Å². The van der Waals surface area contributed by atoms with E-state index in [0.717, 1.165) is 5.56 Å². The van der Waals surface area contributed by atoms with Crippen molar-refractivity contribution in [2.45, 2.75) is 6.54 Å². The van der Waals surface area contributed by atoms with E-state index < -0.39 is 5.82 Å². The minimum Gasteiger partial charge on any atom is -0.493 e. The fraction of sp³-hybridized carbons (Fsp3) is 0.158. The maximum Gasteiger partial charge on any atom is 0.267 e. The number of hydrogen-bond donors (Lipinski definition) is 0. The monoisotopic (exact) mass is 418 g/mol. The molecule has 0 atom stereocenters. The quantitative estimate of drug-likeness (QED) is 0.630. The Kier molecular flexibility index (Phi) is 5.37. The summed E-state index contributed by atoms with van der Waals surface area (Å²) in [6, 6.07) is 13.1. The molecule has 0 unspecified atom stereocenters. The molecule has 0 bridgehead atoms. The zero-order valence-electron chi connectivity index (χ0n) is 14.2. The molecule has 3 rings (SSSR count). The summed E-state index contributed by atoms with van der Waals surface area (Å²) in [6.07, 6.45) is 0. The third kappa shape index (κ3) is 3.77. The Morgan fingerprint density at radius 1 is 1.04 bits per heavy atom. The summed E-state index contributed by atoms with van der Waals surface area (Å²) >= 11 is 3.22. The first kappa shape index (κ1) is 18.1. The molecule has 0 spiro atoms. The molecule has 0 saturated carbocycles. The first-order valence-corrected chi connectivity index (χ1v) is 8.55. The molecular formula is C19H16BrFN2O3. The number of methoxy groups -OCH3 is 2. The number of nitrogens with zero attached hydrogens (tertiary/aromatic N) is 2. The summed E-state index contributed by atoms with van der Waals surface area (Å²) < 4.78 is 26.5. The Labute approximate surface area is 158 Å². The van der Waals surface area contributed by atoms with Gasteiger partial charge in [0.15, 0.2) is 11.5 Å². The van der Waals surface area contributed by atoms with E-state index in [0.29, 0.717) is 27.2 Å². The van der Waals surface area contributed by atoms with Crippen LogP contribution in [0.1, 0.15) is 5.56 Å². The smallest absolute Gasteiger partial charge is 0.267 e. The van der Waals surface area contributed by atoms with E-state index in [9.17, 15) is 9.18 Å². The SMILES string of the molecule is COc1ccc(-c2ccc(=O)n(Cc3ccc(Br)cc3F)n2)cc1OC. The Morgan fingerprint density at radius 2 is 1.81 bits per heavy atom. The van der Waals surface area contributed by atoms with Gasteiger partial charge in [-0.3, -0.25) is 4.79 Å². The van der Waals surface area contributed by atoms with Gasteiger partial charge >= 0.3 is 0 Å². The van der Waals surface area contributed by atoms with Gasteiger partial charge in [0.25, 0.3) is 5.56 Å². The summed E-state index contributed by atoms with van der Waals surface area (Å²) in [4.78, 5) is 12.1. The number of halogens is 2. The van der Waals surface area contributed by atoms with Crippen LogP contribution in [0.4, 0.5) is 4.39 Å². The van der Waals surface area contributed by atoms with E-state index in [1.165, 1.54) is 16.8 Å². The molecule has 2 aromatic carbocycles. The number of ether oxygens (including phenoxy) is 2. The van der Waals surface area contributed by atoms with Crippen molar-refractivity contribution in [3.8, 4) is 22.8 Å². The number of benzene rings is 2. The predicted octanol–water partition coefficient (Wildman–Crippen LogP) is 3.88. The van der Waals surface area contributed by atoms with E-state index in [1.807, 2.05) is 6.07 Å². The topological polar surface area (TPSA) is 53.4 Å². The lowest BCUT2D eigenvalue weighted by Crippen LogP contribution is -2.23. The molecule has 0 aliphatic rings. The van der Waals surface area contributed by atoms with Crippen LogP contribution in [0.15, 0.2) is 57.8 Å². The van der Waals surface area contributed by atoms with Crippen molar-refractivity contribution in [2.24, 2.45) is 0 Å². The lowest BCUT2D eigenvalue weighted by atomic mass is 10.1. The van der Waals surface area contributed by atoms with Gasteiger partial charge in [0, 0.05) is 21.7 Å². The van der Waals surface area contributed by atoms with Crippen molar-refractivity contribution in [3.05, 3.63) is 74.7 Å². The second-order valence-corrected chi connectivity index (χ2v) is 6.44. The van der Waals surface area contributed by atoms with Crippen LogP contribution in [-0.4, -0.2) is 24.0 Å². The fourth-order valence-electron chi connectivity index (χ4n) is 2.52. The van der Waals surface area contributed by atoms with E-state index in [1.54, 1.807) is 44.6 Å². The highest BCUT2D eigenvalue weighted by Crippen LogP contribution is 2.31. The van der Waals surface area contributed by atoms with Crippen LogP contribution in [-0.2, 0) is 6.54 Å². The predicted molar refractivity (Wildman–Crippen MR) is 100 cm³/mol. The number of hydrogen-bond acceptors (Lipinski definition) is 4. The van der Waals surface area contributed by atoms with Crippen LogP contribution in [0, 0.1) is 5.82 Å². The third-order valence-electron chi connectivity index (χ3n) is 3.88. The number of aromatic nitrogens is 2. The molecule has 5 nitrogen and oxygen atoms in total. The van der Waals surface area contributed by atoms with Crippen molar-refractivity contribution < 1.29 is 13.9 Å². The Balaban J connectivity index is 1.99. The molecule has 1 aromatic heterocycles. The molecule has 0 amide bonds. The van der Waals surface area contributed by atoms with E-state index in [2.05, 4.69) is 21.0 Å². The largest absolute Gasteiger partial charge is 0.493 e. The summed E-state index contributed by atoms with van der Waals surface area (Å²) in [5, 5.41) is 4.36. The highest BCUT2D eigenvalue weighted by Gasteiger charge is 2.10. The maximum atomic E-state index is 14.1. The van der Waals surface area contributed by atoms with Gasteiger partial charge in [-0.1, -0.05) is 22.0 Å². The highest BCUT2D eigenvalue weighted by atomic mass is 79.9. The molecule has 0 fully saturated rings. The standard InChI is InChI=1S/C19H16BrFN2O3/c1-25-17-7-4-12(9-18(17)26-2)16-6-8-19(24)23(22-16)11-13-3-5-14(20)10-15(13)21/h3-10H,11H2,1-2H3. The molecular weight excluding hydrogens is 403 g/mol. The molecule has 0 aliphatic carbocycles. The Morgan fingerprint density at radius 3 is 2.50 bits per heavy atom. The van der Waals surface area contributed by atoms with Crippen LogP contribution < -0.4 is 15.0 Å². The minimum absolute atomic E-state index is 0.0408. The maximum absolute atomic E-state index is 14.1. The fourth-order valence-corrected chi connectivity index (χ4v) is 2.86. The van der Waals surface area contributed by atoms with Crippen LogP contribution in [0.2, 0.25) is 0 Å². The van der Waals surface area contributed by atoms with Gasteiger partial charge in [-0.05, 0) is 36.4 Å². The van der Waals surface area contributed by atoms with E-state index in [-0.39, 0.29) is 12.1 Å². The Hall–Kier alpha value is -2.67. The zero-order valence-corrected chi connectivity index (χ0v) is 15.8. The highest BCUT2D eigenvalue weighted by molar-refractivity contribution is 9.10. The molecule has 0 saturated heterocycles. The van der Waals surface area contributed by atoms with Gasteiger partial charge in [0.1, 0.15) is 5.82 Å². The molecule has 134 valence electrons. The Bertz CT molecular complexity index is 1000. The molecule has 0 N–H and O–H groups in total. The minimum atomic E-state index is -0.399. The van der Waals surface area contributed by atoms with Crippen molar-refractivity contribution in [3.63, 3.8) is 0 Å². The van der Waals surface area contributed by atoms with E-state index >= 15 is 0 Å². The molecule has 1 heterocycles. The van der Waals surface area contributed by atoms with Crippen molar-refractivity contribution in [1.82, 2.24) is 9.78 Å². The van der Waals surface area contributed by atoms with Gasteiger partial charge < -0.3 is 9.47 Å². The van der Waals surface area contributed by atoms with Gasteiger partial charge in [0.05, 0.1) is 26.5 Å². The second kappa shape index (κ2) is 7.70. The van der Waals surface area contributed by atoms with Crippen LogP contribution in [0.5, 0.6) is 11.5 Å². The van der Waals surface area contributed by atoms with Crippen molar-refractivity contribution in [1.29, 1.82) is 0 Å². The molecule has 7 heteroatoms. The average molecular weight is 419 g/mol. The van der Waals surface area contributed by atoms with Gasteiger partial charge in [-0.25, -0.2) is 9.07 Å². The summed E-state index contributed by atoms with van der Waals surface area (Å²) in [5.74, 6) is 0.759. The summed E-state index contributed by atoms with van der Waals surface area (Å²) in [5.41, 5.74) is 1.40. The van der Waals surface area contributed by atoms with Crippen LogP contribution in [0.3, 0.4) is 0 Å². The normalized spacial score (nSPS) is 10.6.